The molecule has 1 aliphatic carbocycles. The van der Waals surface area contributed by atoms with E-state index in [0.29, 0.717) is 5.56 Å². The normalized spacial score (nSPS) is 20.2. The number of nitrogens with zero attached hydrogens (tertiary/aromatic N) is 3. The van der Waals surface area contributed by atoms with Gasteiger partial charge in [0.25, 0.3) is 5.91 Å². The number of fused-ring (bicyclic) bond motifs is 2. The third kappa shape index (κ3) is 13.6. The first-order chi connectivity index (χ1) is 36.5. The van der Waals surface area contributed by atoms with Crippen LogP contribution >= 0.6 is 0 Å². The fourth-order valence-corrected chi connectivity index (χ4v) is 10.7. The van der Waals surface area contributed by atoms with Crippen LogP contribution in [-0.2, 0) is 54.7 Å². The van der Waals surface area contributed by atoms with E-state index in [4.69, 9.17) is 0 Å². The highest BCUT2D eigenvalue weighted by molar-refractivity contribution is 5.97. The van der Waals surface area contributed by atoms with Crippen molar-refractivity contribution in [2.75, 3.05) is 20.6 Å². The minimum Gasteiger partial charge on any atom is -0.347 e. The van der Waals surface area contributed by atoms with E-state index in [9.17, 15) is 28.8 Å². The summed E-state index contributed by atoms with van der Waals surface area (Å²) in [5.41, 5.74) is 4.72. The lowest BCUT2D eigenvalue weighted by atomic mass is 9.84. The Morgan fingerprint density at radius 3 is 1.77 bits per heavy atom. The van der Waals surface area contributed by atoms with Crippen LogP contribution in [0.15, 0.2) is 103 Å². The van der Waals surface area contributed by atoms with Crippen molar-refractivity contribution in [2.24, 2.45) is 10.8 Å². The summed E-state index contributed by atoms with van der Waals surface area (Å²) in [5, 5.41) is 18.2. The van der Waals surface area contributed by atoms with E-state index in [0.717, 1.165) is 47.1 Å². The number of rotatable bonds is 17. The Morgan fingerprint density at radius 2 is 1.18 bits per heavy atom. The molecule has 9 atom stereocenters. The second kappa shape index (κ2) is 24.6. The van der Waals surface area contributed by atoms with Crippen LogP contribution in [0.5, 0.6) is 0 Å². The molecule has 0 aromatic heterocycles. The fraction of sp³-hybridized carbons (Fsp3) is 0.492. The van der Waals surface area contributed by atoms with Crippen LogP contribution in [-0.4, -0.2) is 119 Å². The van der Waals surface area contributed by atoms with Crippen LogP contribution in [0.3, 0.4) is 0 Å². The van der Waals surface area contributed by atoms with Gasteiger partial charge >= 0.3 is 0 Å². The van der Waals surface area contributed by atoms with Gasteiger partial charge in [-0.1, -0.05) is 133 Å². The summed E-state index contributed by atoms with van der Waals surface area (Å²) in [6.07, 6.45) is 3.01. The third-order valence-corrected chi connectivity index (χ3v) is 15.8. The Labute approximate surface area is 455 Å². The quantitative estimate of drug-likeness (QED) is 0.0745. The third-order valence-electron chi connectivity index (χ3n) is 15.8. The minimum absolute atomic E-state index is 0.0452. The minimum atomic E-state index is -0.965. The summed E-state index contributed by atoms with van der Waals surface area (Å²) in [6, 6.07) is 26.5. The van der Waals surface area contributed by atoms with Gasteiger partial charge in [-0.15, -0.1) is 0 Å². The summed E-state index contributed by atoms with van der Waals surface area (Å²) >= 11 is 0. The van der Waals surface area contributed by atoms with Gasteiger partial charge in [0, 0.05) is 37.7 Å². The molecule has 77 heavy (non-hydrogen) atoms. The zero-order valence-electron chi connectivity index (χ0n) is 46.9. The van der Waals surface area contributed by atoms with Gasteiger partial charge in [-0.05, 0) is 117 Å². The van der Waals surface area contributed by atoms with E-state index in [1.165, 1.54) is 10.5 Å². The van der Waals surface area contributed by atoms with Crippen molar-refractivity contribution in [3.8, 4) is 0 Å². The van der Waals surface area contributed by atoms with Gasteiger partial charge in [-0.25, -0.2) is 0 Å². The van der Waals surface area contributed by atoms with Crippen LogP contribution in [0, 0.1) is 10.8 Å². The molecule has 6 N–H and O–H groups in total. The first kappa shape index (κ1) is 57.8. The van der Waals surface area contributed by atoms with Crippen molar-refractivity contribution in [3.05, 3.63) is 142 Å². The first-order valence-corrected chi connectivity index (χ1v) is 27.3. The maximum atomic E-state index is 15.5. The SMILES string of the molecule is CN[C@@H](C)C(=O)N[C@H](C(=O)N1C[C@@H](NC(=O)c2ccc(CN(C(=O)C3Cc4ccccc4CN3C(=O)[C@@H](NC(=O)[C@H](C)NC)C(C)(C)C)C(C)c3ccccc3)cc2)CC1C(=O)NC1CCCc2ccccc21)C(C)(C)C. The van der Waals surface area contributed by atoms with E-state index < -0.39 is 71.0 Å². The molecule has 16 nitrogen and oxygen atoms in total. The summed E-state index contributed by atoms with van der Waals surface area (Å²) in [4.78, 5) is 105. The highest BCUT2D eigenvalue weighted by Gasteiger charge is 2.47. The molecule has 1 fully saturated rings. The average molecular weight is 1050 g/mol. The number of carbonyl (C=O) groups excluding carboxylic acids is 7. The van der Waals surface area contributed by atoms with E-state index >= 15 is 4.79 Å². The highest BCUT2D eigenvalue weighted by Crippen LogP contribution is 2.34. The highest BCUT2D eigenvalue weighted by atomic mass is 16.2. The smallest absolute Gasteiger partial charge is 0.251 e. The number of amides is 7. The van der Waals surface area contributed by atoms with Crippen molar-refractivity contribution < 1.29 is 33.6 Å². The average Bonchev–Trinajstić information content (AvgIpc) is 3.87. The lowest BCUT2D eigenvalue weighted by molar-refractivity contribution is -0.152. The van der Waals surface area contributed by atoms with Gasteiger partial charge in [0.1, 0.15) is 24.2 Å². The number of benzene rings is 4. The van der Waals surface area contributed by atoms with E-state index in [2.05, 4.69) is 38.0 Å². The maximum Gasteiger partial charge on any atom is 0.251 e. The van der Waals surface area contributed by atoms with Gasteiger partial charge in [-0.3, -0.25) is 33.6 Å². The van der Waals surface area contributed by atoms with E-state index in [1.807, 2.05) is 133 Å². The molecule has 7 rings (SSSR count). The summed E-state index contributed by atoms with van der Waals surface area (Å²) in [6.45, 7) is 17.1. The predicted octanol–water partition coefficient (Wildman–Crippen LogP) is 5.90. The Balaban J connectivity index is 1.14. The molecule has 0 saturated carbocycles. The predicted molar refractivity (Wildman–Crippen MR) is 298 cm³/mol. The number of nitrogens with one attached hydrogen (secondary N) is 6. The molecule has 0 bridgehead atoms. The first-order valence-electron chi connectivity index (χ1n) is 27.3. The van der Waals surface area contributed by atoms with Gasteiger partial charge < -0.3 is 46.6 Å². The van der Waals surface area contributed by atoms with Gasteiger partial charge in [0.15, 0.2) is 0 Å². The molecule has 16 heteroatoms. The zero-order chi connectivity index (χ0) is 55.9. The lowest BCUT2D eigenvalue weighted by Crippen LogP contribution is -2.62. The van der Waals surface area contributed by atoms with Crippen molar-refractivity contribution in [1.82, 2.24) is 46.6 Å². The molecule has 1 saturated heterocycles. The number of carbonyl (C=O) groups is 7. The molecule has 0 radical (unpaired) electrons. The molecule has 2 heterocycles. The molecule has 2 aliphatic heterocycles. The van der Waals surface area contributed by atoms with Crippen LogP contribution in [0.4, 0.5) is 0 Å². The monoisotopic (exact) mass is 1050 g/mol. The van der Waals surface area contributed by atoms with E-state index in [-0.39, 0.29) is 68.1 Å². The van der Waals surface area contributed by atoms with Crippen molar-refractivity contribution in [1.29, 1.82) is 0 Å². The summed E-state index contributed by atoms with van der Waals surface area (Å²) in [7, 11) is 3.35. The van der Waals surface area contributed by atoms with Crippen LogP contribution in [0.2, 0.25) is 0 Å². The Kier molecular flexibility index (Phi) is 18.5. The van der Waals surface area contributed by atoms with Crippen LogP contribution in [0.25, 0.3) is 0 Å². The molecule has 412 valence electrons. The number of likely N-dealkylation sites (tertiary alicyclic amines) is 1. The topological polar surface area (TPSA) is 201 Å². The van der Waals surface area contributed by atoms with Crippen LogP contribution < -0.4 is 31.9 Å². The van der Waals surface area contributed by atoms with Crippen molar-refractivity contribution in [2.45, 2.75) is 162 Å². The van der Waals surface area contributed by atoms with Crippen molar-refractivity contribution in [3.63, 3.8) is 0 Å². The number of likely N-dealkylation sites (N-methyl/N-ethyl adjacent to an activating group) is 2. The molecule has 4 aromatic rings. The number of hydrogen-bond donors (Lipinski definition) is 6. The van der Waals surface area contributed by atoms with Gasteiger partial charge in [0.05, 0.1) is 24.2 Å². The number of aryl methyl sites for hydroxylation is 1. The van der Waals surface area contributed by atoms with Gasteiger partial charge in [0.2, 0.25) is 35.4 Å². The number of hydrogen-bond acceptors (Lipinski definition) is 9. The molecule has 4 unspecified atom stereocenters. The molecular formula is C61H81N9O7. The molecule has 4 aromatic carbocycles. The van der Waals surface area contributed by atoms with E-state index in [1.54, 1.807) is 49.9 Å². The molecule has 7 amide bonds. The fourth-order valence-electron chi connectivity index (χ4n) is 10.7. The Bertz CT molecular complexity index is 2770. The van der Waals surface area contributed by atoms with Gasteiger partial charge in [-0.2, -0.15) is 0 Å². The summed E-state index contributed by atoms with van der Waals surface area (Å²) < 4.78 is 0. The second-order valence-electron chi connectivity index (χ2n) is 23.4. The van der Waals surface area contributed by atoms with Crippen LogP contribution in [0.1, 0.15) is 137 Å². The maximum absolute atomic E-state index is 15.5. The summed E-state index contributed by atoms with van der Waals surface area (Å²) in [5.74, 6) is -2.40. The zero-order valence-corrected chi connectivity index (χ0v) is 46.9. The molecule has 0 spiro atoms. The molecular weight excluding hydrogens is 971 g/mol. The standard InChI is InChI=1S/C61H81N9O7/c1-37(62-10)53(71)66-51(60(4,5)6)58(76)69-35-45-24-16-15-23-44(45)32-50(69)57(75)68(39(3)41-20-13-12-14-21-41)34-40-28-30-43(31-29-40)55(73)64-46-33-49(56(74)65-48-27-19-25-42-22-17-18-26-47(42)48)70(36-46)59(77)52(61(7,8)9)67-54(72)38(2)63-11/h12-18,20-24,26,28-31,37-39,46,48-52,62-63H,19,25,27,32-36H2,1-11H3,(H,64,73)(H,65,74)(H,66,71)(H,67,72)/t37-,38-,39?,46-,48?,49?,50?,51+,52+/m0/s1. The van der Waals surface area contributed by atoms with Crippen molar-refractivity contribution >= 4 is 41.4 Å². The Hall–Kier alpha value is -6.91. The largest absolute Gasteiger partial charge is 0.347 e. The molecule has 3 aliphatic rings. The Morgan fingerprint density at radius 1 is 0.636 bits per heavy atom. The second-order valence-corrected chi connectivity index (χ2v) is 23.4. The lowest BCUT2D eigenvalue weighted by Gasteiger charge is -2.43.